The Kier molecular flexibility index (Phi) is 15.6. The molecule has 18 nitrogen and oxygen atoms in total. The van der Waals surface area contributed by atoms with Crippen LogP contribution in [0.4, 0.5) is 18.9 Å². The number of carbonyl (C=O) groups excluding carboxylic acids is 6. The number of amides is 6. The van der Waals surface area contributed by atoms with Crippen molar-refractivity contribution in [1.82, 2.24) is 21.3 Å². The van der Waals surface area contributed by atoms with Crippen molar-refractivity contribution >= 4 is 75.8 Å². The van der Waals surface area contributed by atoms with E-state index < -0.39 is 126 Å². The second-order valence-corrected chi connectivity index (χ2v) is 12.1. The van der Waals surface area contributed by atoms with Crippen LogP contribution in [0.5, 0.6) is 0 Å². The van der Waals surface area contributed by atoms with Crippen molar-refractivity contribution in [3.05, 3.63) is 40.2 Å². The number of thioether (sulfide) groups is 1. The number of hydrogen-bond acceptors (Lipinski definition) is 11. The Bertz CT molecular complexity index is 1750. The summed E-state index contributed by atoms with van der Waals surface area (Å²) in [6.45, 7) is 1.01. The number of primary amides is 1. The second-order valence-electron chi connectivity index (χ2n) is 11.1. The lowest BCUT2D eigenvalue weighted by atomic mass is 10.1. The molecule has 0 aliphatic rings. The van der Waals surface area contributed by atoms with E-state index in [-0.39, 0.29) is 23.9 Å². The molecule has 9 N–H and O–H groups in total. The maximum Gasteiger partial charge on any atom is 0.417 e. The van der Waals surface area contributed by atoms with E-state index >= 15 is 0 Å². The highest BCUT2D eigenvalue weighted by Crippen LogP contribution is 2.34. The number of alkyl halides is 3. The van der Waals surface area contributed by atoms with Gasteiger partial charge in [-0.2, -0.15) is 24.9 Å². The molecule has 0 fully saturated rings. The lowest BCUT2D eigenvalue weighted by Crippen LogP contribution is -2.58. The van der Waals surface area contributed by atoms with Gasteiger partial charge in [-0.15, -0.1) is 0 Å². The first-order valence-electron chi connectivity index (χ1n) is 15.1. The third kappa shape index (κ3) is 13.6. The molecule has 0 radical (unpaired) electrons. The summed E-state index contributed by atoms with van der Waals surface area (Å²) in [5.41, 5.74) is 1.77. The highest BCUT2D eigenvalue weighted by molar-refractivity contribution is 7.98. The minimum absolute atomic E-state index is 0.116. The van der Waals surface area contributed by atoms with Crippen LogP contribution >= 0.6 is 11.8 Å². The molecule has 22 heteroatoms. The molecule has 2 rings (SSSR count). The van der Waals surface area contributed by atoms with E-state index in [0.717, 1.165) is 25.1 Å². The summed E-state index contributed by atoms with van der Waals surface area (Å²) < 4.78 is 45.1. The number of halogens is 3. The largest absolute Gasteiger partial charge is 0.481 e. The van der Waals surface area contributed by atoms with Crippen molar-refractivity contribution in [2.45, 2.75) is 69.4 Å². The fraction of sp³-hybridized carbons (Fsp3) is 0.433. The summed E-state index contributed by atoms with van der Waals surface area (Å²) in [7, 11) is 0. The zero-order valence-electron chi connectivity index (χ0n) is 27.5. The molecule has 52 heavy (non-hydrogen) atoms. The smallest absolute Gasteiger partial charge is 0.417 e. The van der Waals surface area contributed by atoms with E-state index in [4.69, 9.17) is 15.3 Å². The Morgan fingerprint density at radius 3 is 1.83 bits per heavy atom. The molecule has 0 bridgehead atoms. The van der Waals surface area contributed by atoms with E-state index in [2.05, 4.69) is 26.6 Å². The summed E-state index contributed by atoms with van der Waals surface area (Å²) in [6.07, 6.45) is -6.14. The van der Waals surface area contributed by atoms with Gasteiger partial charge in [-0.05, 0) is 37.0 Å². The van der Waals surface area contributed by atoms with Crippen LogP contribution in [0.3, 0.4) is 0 Å². The minimum Gasteiger partial charge on any atom is -0.481 e. The summed E-state index contributed by atoms with van der Waals surface area (Å²) in [6, 6.07) is -3.48. The summed E-state index contributed by atoms with van der Waals surface area (Å²) >= 11 is 1.23. The molecular formula is C30H35F3N6O12S. The van der Waals surface area contributed by atoms with E-state index in [1.807, 2.05) is 0 Å². The number of anilines is 1. The lowest BCUT2D eigenvalue weighted by Gasteiger charge is -2.26. The first kappa shape index (κ1) is 42.5. The highest BCUT2D eigenvalue weighted by Gasteiger charge is 2.35. The molecule has 0 aliphatic heterocycles. The Hall–Kier alpha value is -5.67. The van der Waals surface area contributed by atoms with Crippen LogP contribution in [0.25, 0.3) is 11.0 Å². The Morgan fingerprint density at radius 2 is 1.33 bits per heavy atom. The average Bonchev–Trinajstić information content (AvgIpc) is 3.02. The Morgan fingerprint density at radius 1 is 0.808 bits per heavy atom. The fourth-order valence-corrected chi connectivity index (χ4v) is 5.07. The van der Waals surface area contributed by atoms with Gasteiger partial charge in [0.25, 0.3) is 0 Å². The zero-order valence-corrected chi connectivity index (χ0v) is 28.3. The third-order valence-electron chi connectivity index (χ3n) is 6.96. The van der Waals surface area contributed by atoms with Gasteiger partial charge in [0.05, 0.1) is 18.4 Å². The van der Waals surface area contributed by atoms with E-state index in [9.17, 15) is 61.4 Å². The molecule has 284 valence electrons. The fourth-order valence-electron chi connectivity index (χ4n) is 4.59. The van der Waals surface area contributed by atoms with Crippen molar-refractivity contribution in [2.75, 3.05) is 17.3 Å². The van der Waals surface area contributed by atoms with E-state index in [1.54, 1.807) is 6.26 Å². The Balaban J connectivity index is 2.33. The summed E-state index contributed by atoms with van der Waals surface area (Å²) in [5.74, 6) is -8.88. The van der Waals surface area contributed by atoms with Gasteiger partial charge in [0.2, 0.25) is 35.4 Å². The standard InChI is InChI=1S/C30H35F3N6O12S/c1-13(40)35-19(11-23(42)43)29(50)37-17(5-6-22(34)41)26(47)38-18(7-8-52-2)27(48)39-20(12-24(44)45)28(49)36-14-3-4-15-16(30(31,32)33)10-25(46)51-21(15)9-14/h3-4,9-10,17-20H,5-8,11-12H2,1-2H3,(H2,34,41)(H,35,40)(H,36,49)(H,37,50)(H,38,47)(H,39,48)(H,42,43)(H,44,45)/t17-,18-,19-,20-/m0/s1. The van der Waals surface area contributed by atoms with Gasteiger partial charge >= 0.3 is 23.7 Å². The number of aliphatic carboxylic acids is 2. The summed E-state index contributed by atoms with van der Waals surface area (Å²) in [4.78, 5) is 110. The number of carboxylic acids is 2. The van der Waals surface area contributed by atoms with Crippen LogP contribution in [0, 0.1) is 0 Å². The van der Waals surface area contributed by atoms with E-state index in [0.29, 0.717) is 0 Å². The number of hydrogen-bond donors (Lipinski definition) is 8. The normalized spacial score (nSPS) is 13.5. The molecular weight excluding hydrogens is 725 g/mol. The molecule has 2 aromatic rings. The molecule has 1 heterocycles. The van der Waals surface area contributed by atoms with Crippen LogP contribution < -0.4 is 37.9 Å². The lowest BCUT2D eigenvalue weighted by molar-refractivity contribution is -0.141. The molecule has 0 unspecified atom stereocenters. The number of nitrogens with one attached hydrogen (secondary N) is 5. The van der Waals surface area contributed by atoms with Crippen LogP contribution in [0.15, 0.2) is 33.5 Å². The molecule has 4 atom stereocenters. The minimum atomic E-state index is -4.92. The van der Waals surface area contributed by atoms with Crippen molar-refractivity contribution in [3.63, 3.8) is 0 Å². The highest BCUT2D eigenvalue weighted by atomic mass is 32.2. The molecule has 0 aliphatic carbocycles. The number of carbonyl (C=O) groups is 8. The molecule has 1 aromatic heterocycles. The predicted octanol–water partition coefficient (Wildman–Crippen LogP) is -0.323. The van der Waals surface area contributed by atoms with Gasteiger partial charge in [0, 0.05) is 36.6 Å². The number of nitrogens with two attached hydrogens (primary N) is 1. The number of fused-ring (bicyclic) bond motifs is 1. The predicted molar refractivity (Wildman–Crippen MR) is 175 cm³/mol. The quantitative estimate of drug-likeness (QED) is 0.0853. The third-order valence-corrected chi connectivity index (χ3v) is 7.60. The maximum absolute atomic E-state index is 13.4. The van der Waals surface area contributed by atoms with Crippen LogP contribution in [-0.4, -0.2) is 93.8 Å². The average molecular weight is 761 g/mol. The van der Waals surface area contributed by atoms with Gasteiger partial charge < -0.3 is 46.9 Å². The van der Waals surface area contributed by atoms with Gasteiger partial charge in [-0.3, -0.25) is 38.4 Å². The van der Waals surface area contributed by atoms with Crippen LogP contribution in [0.1, 0.15) is 44.6 Å². The van der Waals surface area contributed by atoms with Gasteiger partial charge in [0.1, 0.15) is 29.8 Å². The van der Waals surface area contributed by atoms with Crippen molar-refractivity contribution in [3.8, 4) is 0 Å². The van der Waals surface area contributed by atoms with Crippen molar-refractivity contribution in [2.24, 2.45) is 5.73 Å². The van der Waals surface area contributed by atoms with Crippen LogP contribution in [-0.2, 0) is 44.5 Å². The van der Waals surface area contributed by atoms with E-state index in [1.165, 1.54) is 11.8 Å². The number of carboxylic acid groups (broad SMARTS) is 2. The summed E-state index contributed by atoms with van der Waals surface area (Å²) in [5, 5.41) is 29.2. The molecule has 0 spiro atoms. The molecule has 6 amide bonds. The van der Waals surface area contributed by atoms with Gasteiger partial charge in [0.15, 0.2) is 0 Å². The SMILES string of the molecule is CSCC[C@H](NC(=O)[C@H](CCC(N)=O)NC(=O)[C@H](CC(=O)O)NC(C)=O)C(=O)N[C@@H](CC(=O)O)C(=O)Nc1ccc2c(C(F)(F)F)cc(=O)oc2c1. The topological polar surface area (TPSA) is 293 Å². The van der Waals surface area contributed by atoms with Crippen LogP contribution in [0.2, 0.25) is 0 Å². The van der Waals surface area contributed by atoms with Gasteiger partial charge in [-0.1, -0.05) is 0 Å². The maximum atomic E-state index is 13.4. The van der Waals surface area contributed by atoms with Gasteiger partial charge in [-0.25, -0.2) is 4.79 Å². The van der Waals surface area contributed by atoms with Crippen molar-refractivity contribution in [1.29, 1.82) is 0 Å². The molecule has 0 saturated heterocycles. The second kappa shape index (κ2) is 19.1. The molecule has 0 saturated carbocycles. The zero-order chi connectivity index (χ0) is 39.3. The number of rotatable bonds is 19. The number of benzene rings is 1. The van der Waals surface area contributed by atoms with Crippen molar-refractivity contribution < 1.29 is 66.2 Å². The monoisotopic (exact) mass is 760 g/mol. The first-order chi connectivity index (χ1) is 24.2. The Labute approximate surface area is 295 Å². The first-order valence-corrected chi connectivity index (χ1v) is 16.5. The molecule has 1 aromatic carbocycles.